The molecular formula is C16H20N4O3S2. The highest BCUT2D eigenvalue weighted by molar-refractivity contribution is 7.99. The Labute approximate surface area is 154 Å². The van der Waals surface area contributed by atoms with Gasteiger partial charge in [0.15, 0.2) is 5.16 Å². The average molecular weight is 380 g/mol. The van der Waals surface area contributed by atoms with Gasteiger partial charge in [0.1, 0.15) is 10.8 Å². The number of esters is 1. The zero-order chi connectivity index (χ0) is 17.8. The van der Waals surface area contributed by atoms with Gasteiger partial charge in [-0.2, -0.15) is 0 Å². The first-order chi connectivity index (χ1) is 12.1. The van der Waals surface area contributed by atoms with Crippen molar-refractivity contribution in [1.29, 1.82) is 0 Å². The van der Waals surface area contributed by atoms with Gasteiger partial charge in [0.05, 0.1) is 18.4 Å². The van der Waals surface area contributed by atoms with Crippen molar-refractivity contribution in [3.63, 3.8) is 0 Å². The third kappa shape index (κ3) is 4.21. The molecule has 0 saturated heterocycles. The Bertz CT molecular complexity index is 767. The van der Waals surface area contributed by atoms with E-state index in [2.05, 4.69) is 27.0 Å². The van der Waals surface area contributed by atoms with Gasteiger partial charge in [0.2, 0.25) is 5.91 Å². The first-order valence-corrected chi connectivity index (χ1v) is 10.0. The first kappa shape index (κ1) is 17.9. The van der Waals surface area contributed by atoms with Crippen LogP contribution in [-0.2, 0) is 16.1 Å². The normalized spacial score (nSPS) is 13.7. The maximum Gasteiger partial charge on any atom is 0.340 e. The molecule has 7 nitrogen and oxygen atoms in total. The molecule has 25 heavy (non-hydrogen) atoms. The summed E-state index contributed by atoms with van der Waals surface area (Å²) in [6, 6.07) is 1.64. The number of hydrogen-bond acceptors (Lipinski definition) is 7. The van der Waals surface area contributed by atoms with Crippen molar-refractivity contribution in [1.82, 2.24) is 14.8 Å². The van der Waals surface area contributed by atoms with Crippen LogP contribution in [0.3, 0.4) is 0 Å². The minimum absolute atomic E-state index is 0.184. The standard InChI is InChI=1S/C16H20N4O3S2/c1-3-7-20-13(10-4-5-10)18-19-16(20)25-9-12(21)17-14-11(6-8-24-14)15(22)23-2/h6,8,10H,3-5,7,9H2,1-2H3,(H,17,21). The lowest BCUT2D eigenvalue weighted by Gasteiger charge is -2.08. The third-order valence-corrected chi connectivity index (χ3v) is 5.59. The van der Waals surface area contributed by atoms with E-state index in [1.54, 1.807) is 11.4 Å². The topological polar surface area (TPSA) is 86.1 Å². The van der Waals surface area contributed by atoms with E-state index < -0.39 is 5.97 Å². The molecule has 134 valence electrons. The van der Waals surface area contributed by atoms with Gasteiger partial charge >= 0.3 is 5.97 Å². The van der Waals surface area contributed by atoms with Crippen LogP contribution in [0.1, 0.15) is 48.3 Å². The summed E-state index contributed by atoms with van der Waals surface area (Å²) in [6.07, 6.45) is 3.33. The molecule has 0 radical (unpaired) electrons. The molecule has 0 spiro atoms. The SMILES string of the molecule is CCCn1c(SCC(=O)Nc2sccc2C(=O)OC)nnc1C1CC1. The van der Waals surface area contributed by atoms with Crippen LogP contribution in [0.2, 0.25) is 0 Å². The van der Waals surface area contributed by atoms with E-state index in [0.717, 1.165) is 23.9 Å². The van der Waals surface area contributed by atoms with Crippen LogP contribution in [0, 0.1) is 0 Å². The molecule has 2 aromatic rings. The second-order valence-corrected chi connectivity index (χ2v) is 7.62. The van der Waals surface area contributed by atoms with Crippen molar-refractivity contribution in [2.24, 2.45) is 0 Å². The highest BCUT2D eigenvalue weighted by atomic mass is 32.2. The Morgan fingerprint density at radius 1 is 1.44 bits per heavy atom. The highest BCUT2D eigenvalue weighted by Gasteiger charge is 2.30. The number of amides is 1. The Hall–Kier alpha value is -1.87. The molecule has 1 fully saturated rings. The Balaban J connectivity index is 1.61. The van der Waals surface area contributed by atoms with Crippen LogP contribution in [0.15, 0.2) is 16.6 Å². The van der Waals surface area contributed by atoms with Crippen LogP contribution in [0.5, 0.6) is 0 Å². The van der Waals surface area contributed by atoms with E-state index in [4.69, 9.17) is 4.74 Å². The van der Waals surface area contributed by atoms with Crippen LogP contribution in [0.4, 0.5) is 5.00 Å². The van der Waals surface area contributed by atoms with E-state index in [1.165, 1.54) is 43.1 Å². The number of carbonyl (C=O) groups is 2. The summed E-state index contributed by atoms with van der Waals surface area (Å²) in [5, 5.41) is 14.3. The average Bonchev–Trinajstić information content (AvgIpc) is 3.22. The molecule has 1 aliphatic rings. The van der Waals surface area contributed by atoms with Crippen molar-refractivity contribution in [3.8, 4) is 0 Å². The van der Waals surface area contributed by atoms with Gasteiger partial charge in [-0.15, -0.1) is 21.5 Å². The van der Waals surface area contributed by atoms with E-state index >= 15 is 0 Å². The second-order valence-electron chi connectivity index (χ2n) is 5.76. The maximum atomic E-state index is 12.2. The van der Waals surface area contributed by atoms with Gasteiger partial charge in [-0.25, -0.2) is 4.79 Å². The zero-order valence-corrected chi connectivity index (χ0v) is 15.8. The molecule has 1 saturated carbocycles. The van der Waals surface area contributed by atoms with E-state index in [-0.39, 0.29) is 11.7 Å². The molecule has 9 heteroatoms. The molecule has 2 aromatic heterocycles. The zero-order valence-electron chi connectivity index (χ0n) is 14.2. The number of carbonyl (C=O) groups excluding carboxylic acids is 2. The number of thioether (sulfide) groups is 1. The lowest BCUT2D eigenvalue weighted by molar-refractivity contribution is -0.113. The number of hydrogen-bond donors (Lipinski definition) is 1. The molecule has 0 aromatic carbocycles. The van der Waals surface area contributed by atoms with Gasteiger partial charge in [-0.05, 0) is 30.7 Å². The molecule has 1 aliphatic carbocycles. The smallest absolute Gasteiger partial charge is 0.340 e. The summed E-state index contributed by atoms with van der Waals surface area (Å²) < 4.78 is 6.84. The number of anilines is 1. The lowest BCUT2D eigenvalue weighted by Crippen LogP contribution is -2.16. The summed E-state index contributed by atoms with van der Waals surface area (Å²) in [6.45, 7) is 2.98. The summed E-state index contributed by atoms with van der Waals surface area (Å²) >= 11 is 2.66. The van der Waals surface area contributed by atoms with Gasteiger partial charge < -0.3 is 14.6 Å². The van der Waals surface area contributed by atoms with Crippen molar-refractivity contribution in [2.45, 2.75) is 43.8 Å². The predicted molar refractivity (Wildman–Crippen MR) is 97.3 cm³/mol. The van der Waals surface area contributed by atoms with Gasteiger partial charge in [0, 0.05) is 12.5 Å². The van der Waals surface area contributed by atoms with E-state index in [1.807, 2.05) is 0 Å². The van der Waals surface area contributed by atoms with E-state index in [9.17, 15) is 9.59 Å². The Morgan fingerprint density at radius 2 is 2.24 bits per heavy atom. The van der Waals surface area contributed by atoms with Crippen LogP contribution < -0.4 is 5.32 Å². The van der Waals surface area contributed by atoms with Gasteiger partial charge in [-0.3, -0.25) is 4.79 Å². The molecular weight excluding hydrogens is 360 g/mol. The number of nitrogens with zero attached hydrogens (tertiary/aromatic N) is 3. The summed E-state index contributed by atoms with van der Waals surface area (Å²) in [7, 11) is 1.32. The molecule has 0 unspecified atom stereocenters. The molecule has 0 bridgehead atoms. The third-order valence-electron chi connectivity index (χ3n) is 3.79. The minimum Gasteiger partial charge on any atom is -0.465 e. The van der Waals surface area contributed by atoms with Gasteiger partial charge in [-0.1, -0.05) is 18.7 Å². The van der Waals surface area contributed by atoms with Crippen molar-refractivity contribution in [3.05, 3.63) is 22.8 Å². The molecule has 0 atom stereocenters. The van der Waals surface area contributed by atoms with Gasteiger partial charge in [0.25, 0.3) is 0 Å². The van der Waals surface area contributed by atoms with Crippen molar-refractivity contribution < 1.29 is 14.3 Å². The summed E-state index contributed by atoms with van der Waals surface area (Å²) in [5.74, 6) is 1.13. The lowest BCUT2D eigenvalue weighted by atomic mass is 10.3. The Kier molecular flexibility index (Phi) is 5.74. The largest absolute Gasteiger partial charge is 0.465 e. The molecule has 1 N–H and O–H groups in total. The molecule has 3 rings (SSSR count). The number of ether oxygens (including phenoxy) is 1. The first-order valence-electron chi connectivity index (χ1n) is 8.15. The van der Waals surface area contributed by atoms with Crippen LogP contribution in [0.25, 0.3) is 0 Å². The van der Waals surface area contributed by atoms with Crippen LogP contribution in [-0.4, -0.2) is 39.5 Å². The van der Waals surface area contributed by atoms with E-state index in [0.29, 0.717) is 16.5 Å². The van der Waals surface area contributed by atoms with Crippen molar-refractivity contribution >= 4 is 40.0 Å². The number of rotatable bonds is 8. The number of nitrogens with one attached hydrogen (secondary N) is 1. The fourth-order valence-corrected chi connectivity index (χ4v) is 4.02. The van der Waals surface area contributed by atoms with Crippen LogP contribution >= 0.6 is 23.1 Å². The predicted octanol–water partition coefficient (Wildman–Crippen LogP) is 3.14. The quantitative estimate of drug-likeness (QED) is 0.559. The fourth-order valence-electron chi connectivity index (χ4n) is 2.45. The Morgan fingerprint density at radius 3 is 2.92 bits per heavy atom. The fraction of sp³-hybridized carbons (Fsp3) is 0.500. The molecule has 0 aliphatic heterocycles. The minimum atomic E-state index is -0.457. The molecule has 2 heterocycles. The highest BCUT2D eigenvalue weighted by Crippen LogP contribution is 2.40. The summed E-state index contributed by atoms with van der Waals surface area (Å²) in [5.41, 5.74) is 0.371. The molecule has 1 amide bonds. The van der Waals surface area contributed by atoms with Crippen molar-refractivity contribution in [2.75, 3.05) is 18.2 Å². The monoisotopic (exact) mass is 380 g/mol. The summed E-state index contributed by atoms with van der Waals surface area (Å²) in [4.78, 5) is 23.9. The number of thiophene rings is 1. The second kappa shape index (κ2) is 8.01. The number of methoxy groups -OCH3 is 1. The number of aromatic nitrogens is 3. The maximum absolute atomic E-state index is 12.2.